The van der Waals surface area contributed by atoms with Crippen LogP contribution in [-0.2, 0) is 0 Å². The van der Waals surface area contributed by atoms with E-state index in [0.29, 0.717) is 0 Å². The van der Waals surface area contributed by atoms with Gasteiger partial charge in [-0.3, -0.25) is 0 Å². The van der Waals surface area contributed by atoms with E-state index >= 15 is 0 Å². The van der Waals surface area contributed by atoms with Crippen LogP contribution in [0.15, 0.2) is 17.4 Å². The Hall–Kier alpha value is -0.610. The van der Waals surface area contributed by atoms with E-state index in [4.69, 9.17) is 5.73 Å². The summed E-state index contributed by atoms with van der Waals surface area (Å²) < 4.78 is 0. The standard InChI is InChI=1S/C9H15N3S/c1-8-4-6-11-9(12-8)13-7-3-2-5-10/h4,6H,2-3,5,7,10H2,1H3. The molecule has 0 spiro atoms. The Kier molecular flexibility index (Phi) is 4.78. The van der Waals surface area contributed by atoms with Gasteiger partial charge in [0, 0.05) is 17.6 Å². The Labute approximate surface area is 83.2 Å². The minimum Gasteiger partial charge on any atom is -0.330 e. The first-order valence-electron chi connectivity index (χ1n) is 4.45. The van der Waals surface area contributed by atoms with E-state index in [1.54, 1.807) is 18.0 Å². The average Bonchev–Trinajstić information content (AvgIpc) is 2.13. The van der Waals surface area contributed by atoms with Crippen molar-refractivity contribution in [3.63, 3.8) is 0 Å². The van der Waals surface area contributed by atoms with Crippen LogP contribution >= 0.6 is 11.8 Å². The molecule has 0 saturated heterocycles. The van der Waals surface area contributed by atoms with Crippen LogP contribution in [0.25, 0.3) is 0 Å². The molecule has 0 radical (unpaired) electrons. The second-order valence-corrected chi connectivity index (χ2v) is 3.89. The number of aryl methyl sites for hydroxylation is 1. The van der Waals surface area contributed by atoms with Crippen molar-refractivity contribution in [1.82, 2.24) is 9.97 Å². The summed E-state index contributed by atoms with van der Waals surface area (Å²) in [7, 11) is 0. The zero-order valence-electron chi connectivity index (χ0n) is 7.86. The first-order valence-corrected chi connectivity index (χ1v) is 5.44. The van der Waals surface area contributed by atoms with Crippen LogP contribution in [0.4, 0.5) is 0 Å². The molecule has 3 nitrogen and oxygen atoms in total. The molecule has 1 rings (SSSR count). The molecule has 0 aliphatic rings. The van der Waals surface area contributed by atoms with Gasteiger partial charge < -0.3 is 5.73 Å². The SMILES string of the molecule is Cc1ccnc(SCCCCN)n1. The lowest BCUT2D eigenvalue weighted by Gasteiger charge is -1.99. The molecule has 1 aromatic heterocycles. The van der Waals surface area contributed by atoms with Crippen molar-refractivity contribution in [2.24, 2.45) is 5.73 Å². The smallest absolute Gasteiger partial charge is 0.187 e. The van der Waals surface area contributed by atoms with E-state index in [1.807, 2.05) is 13.0 Å². The average molecular weight is 197 g/mol. The molecular formula is C9H15N3S. The molecule has 0 atom stereocenters. The highest BCUT2D eigenvalue weighted by Crippen LogP contribution is 2.13. The highest BCUT2D eigenvalue weighted by Gasteiger charge is 1.96. The third kappa shape index (κ3) is 4.24. The van der Waals surface area contributed by atoms with E-state index in [9.17, 15) is 0 Å². The summed E-state index contributed by atoms with van der Waals surface area (Å²) in [5.41, 5.74) is 6.42. The Morgan fingerprint density at radius 2 is 2.31 bits per heavy atom. The molecule has 0 unspecified atom stereocenters. The molecule has 0 aliphatic carbocycles. The van der Waals surface area contributed by atoms with Crippen LogP contribution in [-0.4, -0.2) is 22.3 Å². The Bertz CT molecular complexity index is 252. The molecule has 2 N–H and O–H groups in total. The van der Waals surface area contributed by atoms with Crippen molar-refractivity contribution in [1.29, 1.82) is 0 Å². The lowest BCUT2D eigenvalue weighted by molar-refractivity contribution is 0.811. The molecule has 0 saturated carbocycles. The molecule has 1 aromatic rings. The first-order chi connectivity index (χ1) is 6.33. The number of unbranched alkanes of at least 4 members (excludes halogenated alkanes) is 1. The molecule has 0 aliphatic heterocycles. The summed E-state index contributed by atoms with van der Waals surface area (Å²) in [6, 6.07) is 1.91. The number of nitrogens with two attached hydrogens (primary N) is 1. The zero-order chi connectivity index (χ0) is 9.52. The quantitative estimate of drug-likeness (QED) is 0.443. The number of aromatic nitrogens is 2. The Morgan fingerprint density at radius 1 is 1.46 bits per heavy atom. The van der Waals surface area contributed by atoms with E-state index in [1.165, 1.54) is 0 Å². The molecule has 4 heteroatoms. The largest absolute Gasteiger partial charge is 0.330 e. The second kappa shape index (κ2) is 5.94. The van der Waals surface area contributed by atoms with Gasteiger partial charge in [0.15, 0.2) is 5.16 Å². The predicted octanol–water partition coefficient (Wildman–Crippen LogP) is 1.62. The molecule has 13 heavy (non-hydrogen) atoms. The van der Waals surface area contributed by atoms with Gasteiger partial charge in [-0.2, -0.15) is 0 Å². The Balaban J connectivity index is 2.28. The van der Waals surface area contributed by atoms with Gasteiger partial charge in [0.2, 0.25) is 0 Å². The highest BCUT2D eigenvalue weighted by atomic mass is 32.2. The maximum absolute atomic E-state index is 5.39. The molecule has 0 fully saturated rings. The van der Waals surface area contributed by atoms with Crippen LogP contribution in [0.5, 0.6) is 0 Å². The highest BCUT2D eigenvalue weighted by molar-refractivity contribution is 7.99. The van der Waals surface area contributed by atoms with Gasteiger partial charge in [-0.15, -0.1) is 0 Å². The molecule has 0 amide bonds. The van der Waals surface area contributed by atoms with E-state index in [-0.39, 0.29) is 0 Å². The third-order valence-corrected chi connectivity index (χ3v) is 2.55. The number of thioether (sulfide) groups is 1. The fourth-order valence-corrected chi connectivity index (χ4v) is 1.78. The van der Waals surface area contributed by atoms with Crippen molar-refractivity contribution < 1.29 is 0 Å². The third-order valence-electron chi connectivity index (χ3n) is 1.60. The van der Waals surface area contributed by atoms with Crippen LogP contribution in [0.3, 0.4) is 0 Å². The van der Waals surface area contributed by atoms with Crippen molar-refractivity contribution in [2.75, 3.05) is 12.3 Å². The zero-order valence-corrected chi connectivity index (χ0v) is 8.68. The van der Waals surface area contributed by atoms with Crippen molar-refractivity contribution in [2.45, 2.75) is 24.9 Å². The summed E-state index contributed by atoms with van der Waals surface area (Å²) >= 11 is 1.70. The molecule has 72 valence electrons. The maximum atomic E-state index is 5.39. The minimum atomic E-state index is 0.773. The van der Waals surface area contributed by atoms with Gasteiger partial charge in [0.25, 0.3) is 0 Å². The number of hydrogen-bond donors (Lipinski definition) is 1. The summed E-state index contributed by atoms with van der Waals surface area (Å²) in [6.45, 7) is 2.75. The number of hydrogen-bond acceptors (Lipinski definition) is 4. The van der Waals surface area contributed by atoms with Crippen molar-refractivity contribution >= 4 is 11.8 Å². The van der Waals surface area contributed by atoms with Gasteiger partial charge in [0.1, 0.15) is 0 Å². The van der Waals surface area contributed by atoms with Crippen LogP contribution in [0, 0.1) is 6.92 Å². The van der Waals surface area contributed by atoms with Gasteiger partial charge in [-0.05, 0) is 32.4 Å². The fourth-order valence-electron chi connectivity index (χ4n) is 0.905. The van der Waals surface area contributed by atoms with E-state index in [2.05, 4.69) is 9.97 Å². The summed E-state index contributed by atoms with van der Waals surface area (Å²) in [5.74, 6) is 1.06. The number of nitrogens with zero attached hydrogens (tertiary/aromatic N) is 2. The topological polar surface area (TPSA) is 51.8 Å². The lowest BCUT2D eigenvalue weighted by atomic mass is 10.3. The first kappa shape index (κ1) is 10.5. The lowest BCUT2D eigenvalue weighted by Crippen LogP contribution is -1.98. The predicted molar refractivity (Wildman–Crippen MR) is 55.8 cm³/mol. The van der Waals surface area contributed by atoms with E-state index < -0.39 is 0 Å². The molecule has 0 aromatic carbocycles. The van der Waals surface area contributed by atoms with Crippen molar-refractivity contribution in [3.8, 4) is 0 Å². The van der Waals surface area contributed by atoms with Crippen LogP contribution in [0.1, 0.15) is 18.5 Å². The maximum Gasteiger partial charge on any atom is 0.187 e. The van der Waals surface area contributed by atoms with Crippen LogP contribution < -0.4 is 5.73 Å². The summed E-state index contributed by atoms with van der Waals surface area (Å²) in [4.78, 5) is 8.45. The van der Waals surface area contributed by atoms with Crippen molar-refractivity contribution in [3.05, 3.63) is 18.0 Å². The number of rotatable bonds is 5. The van der Waals surface area contributed by atoms with Crippen LogP contribution in [0.2, 0.25) is 0 Å². The Morgan fingerprint density at radius 3 is 3.00 bits per heavy atom. The summed E-state index contributed by atoms with van der Waals surface area (Å²) in [5, 5.41) is 0.872. The molecule has 0 bridgehead atoms. The summed E-state index contributed by atoms with van der Waals surface area (Å²) in [6.07, 6.45) is 4.02. The van der Waals surface area contributed by atoms with E-state index in [0.717, 1.165) is 36.0 Å². The monoisotopic (exact) mass is 197 g/mol. The normalized spacial score (nSPS) is 10.3. The van der Waals surface area contributed by atoms with Gasteiger partial charge in [-0.25, -0.2) is 9.97 Å². The molecule has 1 heterocycles. The fraction of sp³-hybridized carbons (Fsp3) is 0.556. The van der Waals surface area contributed by atoms with Gasteiger partial charge in [-0.1, -0.05) is 11.8 Å². The van der Waals surface area contributed by atoms with Gasteiger partial charge >= 0.3 is 0 Å². The second-order valence-electron chi connectivity index (χ2n) is 2.82. The minimum absolute atomic E-state index is 0.773. The molecular weight excluding hydrogens is 182 g/mol. The van der Waals surface area contributed by atoms with Gasteiger partial charge in [0.05, 0.1) is 0 Å².